The maximum atomic E-state index is 12.7. The van der Waals surface area contributed by atoms with Gasteiger partial charge in [0.2, 0.25) is 17.7 Å². The molecule has 0 aliphatic carbocycles. The minimum atomic E-state index is -1.15. The van der Waals surface area contributed by atoms with Gasteiger partial charge in [-0.05, 0) is 31.7 Å². The number of aliphatic carboxylic acids is 1. The third-order valence-electron chi connectivity index (χ3n) is 4.71. The van der Waals surface area contributed by atoms with E-state index in [0.717, 1.165) is 0 Å². The standard InChI is InChI=1S/C18H35N5O5S2/c1-3-10(2)14(18(27)28)23-16(25)12(6-4-5-7-19)21-17(26)13(9-30)22-15(24)11(20)8-29/h10-14,29-30H,3-9,19-20H2,1-2H3,(H,21,26)(H,22,24)(H,23,25)(H,27,28). The number of rotatable bonds is 15. The van der Waals surface area contributed by atoms with Crippen LogP contribution in [0.2, 0.25) is 0 Å². The molecule has 0 bridgehead atoms. The second kappa shape index (κ2) is 15.3. The number of carbonyl (C=O) groups is 4. The van der Waals surface area contributed by atoms with Crippen LogP contribution in [-0.4, -0.2) is 71.0 Å². The number of carboxylic acid groups (broad SMARTS) is 1. The summed E-state index contributed by atoms with van der Waals surface area (Å²) in [6.45, 7) is 3.96. The molecule has 0 aromatic rings. The molecule has 12 heteroatoms. The highest BCUT2D eigenvalue weighted by molar-refractivity contribution is 7.80. The molecule has 5 unspecified atom stereocenters. The Labute approximate surface area is 188 Å². The van der Waals surface area contributed by atoms with Gasteiger partial charge in [0.25, 0.3) is 0 Å². The third kappa shape index (κ3) is 10.0. The van der Waals surface area contributed by atoms with Crippen molar-refractivity contribution in [2.45, 2.75) is 63.7 Å². The molecule has 8 N–H and O–H groups in total. The van der Waals surface area contributed by atoms with E-state index in [1.165, 1.54) is 0 Å². The van der Waals surface area contributed by atoms with Crippen LogP contribution in [0.5, 0.6) is 0 Å². The zero-order valence-electron chi connectivity index (χ0n) is 17.5. The van der Waals surface area contributed by atoms with Crippen LogP contribution in [0.4, 0.5) is 0 Å². The van der Waals surface area contributed by atoms with E-state index < -0.39 is 47.9 Å². The normalized spacial score (nSPS) is 15.9. The van der Waals surface area contributed by atoms with Crippen molar-refractivity contribution >= 4 is 48.9 Å². The maximum Gasteiger partial charge on any atom is 0.326 e. The molecular formula is C18H35N5O5S2. The van der Waals surface area contributed by atoms with Gasteiger partial charge in [-0.1, -0.05) is 20.3 Å². The number of carboxylic acids is 1. The Morgan fingerprint density at radius 1 is 0.933 bits per heavy atom. The van der Waals surface area contributed by atoms with Gasteiger partial charge in [-0.2, -0.15) is 25.3 Å². The Balaban J connectivity index is 5.29. The zero-order chi connectivity index (χ0) is 23.3. The molecule has 174 valence electrons. The fraction of sp³-hybridized carbons (Fsp3) is 0.778. The van der Waals surface area contributed by atoms with Gasteiger partial charge in [-0.15, -0.1) is 0 Å². The van der Waals surface area contributed by atoms with Crippen LogP contribution in [0.3, 0.4) is 0 Å². The van der Waals surface area contributed by atoms with Crippen LogP contribution in [-0.2, 0) is 19.2 Å². The van der Waals surface area contributed by atoms with Crippen LogP contribution in [0.1, 0.15) is 39.5 Å². The molecule has 10 nitrogen and oxygen atoms in total. The van der Waals surface area contributed by atoms with Crippen molar-refractivity contribution in [3.8, 4) is 0 Å². The van der Waals surface area contributed by atoms with Gasteiger partial charge in [-0.3, -0.25) is 14.4 Å². The molecule has 0 spiro atoms. The fourth-order valence-electron chi connectivity index (χ4n) is 2.53. The van der Waals surface area contributed by atoms with E-state index in [0.29, 0.717) is 25.8 Å². The highest BCUT2D eigenvalue weighted by Gasteiger charge is 2.31. The number of nitrogens with two attached hydrogens (primary N) is 2. The second-order valence-electron chi connectivity index (χ2n) is 7.09. The average molecular weight is 466 g/mol. The first kappa shape index (κ1) is 28.5. The lowest BCUT2D eigenvalue weighted by molar-refractivity contribution is -0.143. The summed E-state index contributed by atoms with van der Waals surface area (Å²) in [7, 11) is 0. The predicted molar refractivity (Wildman–Crippen MR) is 121 cm³/mol. The predicted octanol–water partition coefficient (Wildman–Crippen LogP) is -1.11. The minimum absolute atomic E-state index is 0.0153. The molecule has 0 saturated carbocycles. The number of carbonyl (C=O) groups excluding carboxylic acids is 3. The summed E-state index contributed by atoms with van der Waals surface area (Å²) in [5.74, 6) is -3.14. The van der Waals surface area contributed by atoms with Gasteiger partial charge < -0.3 is 32.5 Å². The average Bonchev–Trinajstić information content (AvgIpc) is 2.73. The van der Waals surface area contributed by atoms with Crippen LogP contribution < -0.4 is 27.4 Å². The number of unbranched alkanes of at least 4 members (excludes halogenated alkanes) is 1. The summed E-state index contributed by atoms with van der Waals surface area (Å²) < 4.78 is 0. The Morgan fingerprint density at radius 3 is 1.97 bits per heavy atom. The van der Waals surface area contributed by atoms with E-state index in [4.69, 9.17) is 11.5 Å². The number of nitrogens with one attached hydrogen (secondary N) is 3. The number of thiol groups is 2. The van der Waals surface area contributed by atoms with Gasteiger partial charge in [0.15, 0.2) is 0 Å². The maximum absolute atomic E-state index is 12.7. The molecular weight excluding hydrogens is 430 g/mol. The zero-order valence-corrected chi connectivity index (χ0v) is 19.3. The van der Waals surface area contributed by atoms with E-state index in [9.17, 15) is 24.3 Å². The molecule has 5 atom stereocenters. The highest BCUT2D eigenvalue weighted by atomic mass is 32.1. The van der Waals surface area contributed by atoms with Crippen LogP contribution in [0.25, 0.3) is 0 Å². The van der Waals surface area contributed by atoms with Crippen LogP contribution in [0.15, 0.2) is 0 Å². The van der Waals surface area contributed by atoms with E-state index in [2.05, 4.69) is 41.2 Å². The van der Waals surface area contributed by atoms with Gasteiger partial charge in [-0.25, -0.2) is 4.79 Å². The van der Waals surface area contributed by atoms with Crippen LogP contribution in [0, 0.1) is 5.92 Å². The summed E-state index contributed by atoms with van der Waals surface area (Å²) >= 11 is 8.02. The largest absolute Gasteiger partial charge is 0.480 e. The molecule has 0 radical (unpaired) electrons. The van der Waals surface area contributed by atoms with Gasteiger partial charge in [0, 0.05) is 11.5 Å². The Hall–Kier alpha value is -1.50. The Kier molecular flexibility index (Phi) is 14.6. The van der Waals surface area contributed by atoms with Crippen molar-refractivity contribution in [1.82, 2.24) is 16.0 Å². The summed E-state index contributed by atoms with van der Waals surface area (Å²) in [5.41, 5.74) is 11.1. The summed E-state index contributed by atoms with van der Waals surface area (Å²) in [6.07, 6.45) is 2.01. The van der Waals surface area contributed by atoms with Crippen molar-refractivity contribution in [3.05, 3.63) is 0 Å². The van der Waals surface area contributed by atoms with E-state index >= 15 is 0 Å². The van der Waals surface area contributed by atoms with Crippen molar-refractivity contribution in [2.75, 3.05) is 18.1 Å². The minimum Gasteiger partial charge on any atom is -0.480 e. The van der Waals surface area contributed by atoms with Crippen molar-refractivity contribution in [1.29, 1.82) is 0 Å². The first-order valence-corrected chi connectivity index (χ1v) is 11.2. The van der Waals surface area contributed by atoms with Gasteiger partial charge in [0.05, 0.1) is 6.04 Å². The summed E-state index contributed by atoms with van der Waals surface area (Å²) in [6, 6.07) is -3.96. The first-order chi connectivity index (χ1) is 14.1. The molecule has 0 fully saturated rings. The number of hydrogen-bond acceptors (Lipinski definition) is 8. The molecule has 3 amide bonds. The topological polar surface area (TPSA) is 177 Å². The van der Waals surface area contributed by atoms with Crippen LogP contribution >= 0.6 is 25.3 Å². The van der Waals surface area contributed by atoms with Gasteiger partial charge in [0.1, 0.15) is 18.1 Å². The second-order valence-corrected chi connectivity index (χ2v) is 7.82. The monoisotopic (exact) mass is 465 g/mol. The molecule has 0 heterocycles. The SMILES string of the molecule is CCC(C)C(NC(=O)C(CCCCN)NC(=O)C(CS)NC(=O)C(N)CS)C(=O)O. The highest BCUT2D eigenvalue weighted by Crippen LogP contribution is 2.10. The fourth-order valence-corrected chi connectivity index (χ4v) is 2.95. The van der Waals surface area contributed by atoms with E-state index in [1.807, 2.05) is 6.92 Å². The Morgan fingerprint density at radius 2 is 1.50 bits per heavy atom. The molecule has 0 rings (SSSR count). The number of hydrogen-bond donors (Lipinski definition) is 8. The Bertz CT molecular complexity index is 581. The lowest BCUT2D eigenvalue weighted by Gasteiger charge is -2.26. The molecule has 0 aliphatic rings. The van der Waals surface area contributed by atoms with Crippen molar-refractivity contribution in [3.63, 3.8) is 0 Å². The molecule has 30 heavy (non-hydrogen) atoms. The molecule has 0 saturated heterocycles. The quantitative estimate of drug-likeness (QED) is 0.112. The number of amides is 3. The van der Waals surface area contributed by atoms with Crippen molar-refractivity contribution in [2.24, 2.45) is 17.4 Å². The first-order valence-electron chi connectivity index (χ1n) is 9.94. The lowest BCUT2D eigenvalue weighted by Crippen LogP contribution is -2.58. The van der Waals surface area contributed by atoms with E-state index in [-0.39, 0.29) is 23.8 Å². The smallest absolute Gasteiger partial charge is 0.326 e. The molecule has 0 aromatic heterocycles. The van der Waals surface area contributed by atoms with Gasteiger partial charge >= 0.3 is 5.97 Å². The summed E-state index contributed by atoms with van der Waals surface area (Å²) in [5, 5.41) is 17.0. The molecule has 0 aliphatic heterocycles. The lowest BCUT2D eigenvalue weighted by atomic mass is 9.98. The molecule has 0 aromatic carbocycles. The summed E-state index contributed by atoms with van der Waals surface area (Å²) in [4.78, 5) is 48.8. The van der Waals surface area contributed by atoms with Crippen molar-refractivity contribution < 1.29 is 24.3 Å². The van der Waals surface area contributed by atoms with E-state index in [1.54, 1.807) is 6.92 Å². The third-order valence-corrected chi connectivity index (χ3v) is 5.46.